The molecule has 1 aromatic heterocycles. The third kappa shape index (κ3) is 3.76. The Kier molecular flexibility index (Phi) is 5.00. The fourth-order valence-corrected chi connectivity index (χ4v) is 4.00. The number of thioether (sulfide) groups is 1. The average molecular weight is 336 g/mol. The summed E-state index contributed by atoms with van der Waals surface area (Å²) in [6.07, 6.45) is 5.50. The molecular weight excluding hydrogens is 320 g/mol. The fourth-order valence-electron chi connectivity index (χ4n) is 2.17. The Morgan fingerprint density at radius 1 is 1.59 bits per heavy atom. The second-order valence-corrected chi connectivity index (χ2v) is 7.12. The van der Waals surface area contributed by atoms with E-state index in [1.165, 1.54) is 25.0 Å². The quantitative estimate of drug-likeness (QED) is 0.871. The Balaban J connectivity index is 1.93. The lowest BCUT2D eigenvalue weighted by atomic mass is 10.2. The first-order valence-corrected chi connectivity index (χ1v) is 8.10. The number of halogens is 2. The van der Waals surface area contributed by atoms with Crippen molar-refractivity contribution in [2.45, 2.75) is 37.5 Å². The van der Waals surface area contributed by atoms with Crippen LogP contribution in [0.25, 0.3) is 0 Å². The van der Waals surface area contributed by atoms with E-state index in [9.17, 15) is 0 Å². The molecule has 1 aliphatic rings. The molecule has 2 nitrogen and oxygen atoms in total. The van der Waals surface area contributed by atoms with Crippen LogP contribution in [-0.4, -0.2) is 22.0 Å². The number of nitrogens with one attached hydrogen (secondary N) is 1. The molecule has 2 atom stereocenters. The highest BCUT2D eigenvalue weighted by Crippen LogP contribution is 2.32. The lowest BCUT2D eigenvalue weighted by molar-refractivity contribution is 0.752. The van der Waals surface area contributed by atoms with Gasteiger partial charge >= 0.3 is 0 Å². The number of hydrogen-bond acceptors (Lipinski definition) is 3. The van der Waals surface area contributed by atoms with Gasteiger partial charge in [0.2, 0.25) is 0 Å². The van der Waals surface area contributed by atoms with Crippen molar-refractivity contribution in [1.82, 2.24) is 4.98 Å². The normalized spacial score (nSPS) is 23.9. The van der Waals surface area contributed by atoms with Crippen molar-refractivity contribution >= 4 is 45.1 Å². The van der Waals surface area contributed by atoms with Gasteiger partial charge < -0.3 is 5.32 Å². The topological polar surface area (TPSA) is 24.9 Å². The minimum atomic E-state index is 0.519. The molecule has 0 bridgehead atoms. The molecule has 1 heterocycles. The van der Waals surface area contributed by atoms with Crippen LogP contribution in [0, 0.1) is 0 Å². The second kappa shape index (κ2) is 6.30. The Hall–Kier alpha value is 0.0700. The molecule has 1 saturated carbocycles. The maximum Gasteiger partial charge on any atom is 0.145 e. The number of rotatable bonds is 4. The molecule has 0 aromatic carbocycles. The Bertz CT molecular complexity index is 389. The van der Waals surface area contributed by atoms with E-state index in [-0.39, 0.29) is 0 Å². The average Bonchev–Trinajstić information content (AvgIpc) is 2.71. The summed E-state index contributed by atoms with van der Waals surface area (Å²) in [5.41, 5.74) is 0. The van der Waals surface area contributed by atoms with E-state index < -0.39 is 0 Å². The molecule has 17 heavy (non-hydrogen) atoms. The number of hydrogen-bond donors (Lipinski definition) is 1. The number of aromatic nitrogens is 1. The smallest absolute Gasteiger partial charge is 0.145 e. The van der Waals surface area contributed by atoms with Crippen molar-refractivity contribution in [2.24, 2.45) is 0 Å². The maximum atomic E-state index is 6.15. The fraction of sp³-hybridized carbons (Fsp3) is 0.583. The van der Waals surface area contributed by atoms with Gasteiger partial charge in [-0.15, -0.1) is 0 Å². The zero-order chi connectivity index (χ0) is 12.3. The third-order valence-corrected chi connectivity index (χ3v) is 4.89. The summed E-state index contributed by atoms with van der Waals surface area (Å²) in [6.45, 7) is 2.22. The molecule has 0 amide bonds. The van der Waals surface area contributed by atoms with E-state index in [1.807, 2.05) is 6.07 Å². The SMILES string of the molecule is CCSC1CCC(Nc2ncc(Br)cc2Cl)C1. The van der Waals surface area contributed by atoms with E-state index in [0.29, 0.717) is 11.1 Å². The molecule has 94 valence electrons. The molecule has 0 spiro atoms. The van der Waals surface area contributed by atoms with Crippen LogP contribution < -0.4 is 5.32 Å². The van der Waals surface area contributed by atoms with Gasteiger partial charge in [-0.2, -0.15) is 11.8 Å². The van der Waals surface area contributed by atoms with Crippen molar-refractivity contribution in [3.8, 4) is 0 Å². The number of anilines is 1. The Morgan fingerprint density at radius 2 is 2.41 bits per heavy atom. The van der Waals surface area contributed by atoms with Gasteiger partial charge in [-0.25, -0.2) is 4.98 Å². The van der Waals surface area contributed by atoms with Crippen molar-refractivity contribution in [1.29, 1.82) is 0 Å². The molecule has 2 rings (SSSR count). The van der Waals surface area contributed by atoms with Crippen molar-refractivity contribution in [2.75, 3.05) is 11.1 Å². The van der Waals surface area contributed by atoms with E-state index in [4.69, 9.17) is 11.6 Å². The molecule has 1 aliphatic carbocycles. The van der Waals surface area contributed by atoms with E-state index in [2.05, 4.69) is 44.9 Å². The minimum Gasteiger partial charge on any atom is -0.366 e. The van der Waals surface area contributed by atoms with Crippen LogP contribution in [0.4, 0.5) is 5.82 Å². The molecule has 0 radical (unpaired) electrons. The largest absolute Gasteiger partial charge is 0.366 e. The summed E-state index contributed by atoms with van der Waals surface area (Å²) in [5, 5.41) is 4.93. The summed E-state index contributed by atoms with van der Waals surface area (Å²) in [7, 11) is 0. The molecule has 0 aliphatic heterocycles. The maximum absolute atomic E-state index is 6.15. The molecule has 5 heteroatoms. The van der Waals surface area contributed by atoms with Crippen LogP contribution in [0.1, 0.15) is 26.2 Å². The molecule has 1 aromatic rings. The van der Waals surface area contributed by atoms with Crippen LogP contribution in [0.2, 0.25) is 5.02 Å². The summed E-state index contributed by atoms with van der Waals surface area (Å²) in [4.78, 5) is 4.32. The van der Waals surface area contributed by atoms with Crippen molar-refractivity contribution < 1.29 is 0 Å². The van der Waals surface area contributed by atoms with Crippen LogP contribution >= 0.6 is 39.3 Å². The highest BCUT2D eigenvalue weighted by molar-refractivity contribution is 9.10. The van der Waals surface area contributed by atoms with E-state index in [0.717, 1.165) is 15.5 Å². The van der Waals surface area contributed by atoms with Crippen LogP contribution in [0.5, 0.6) is 0 Å². The highest BCUT2D eigenvalue weighted by atomic mass is 79.9. The molecule has 1 N–H and O–H groups in total. The van der Waals surface area contributed by atoms with Gasteiger partial charge in [0.05, 0.1) is 5.02 Å². The van der Waals surface area contributed by atoms with Crippen molar-refractivity contribution in [3.63, 3.8) is 0 Å². The van der Waals surface area contributed by atoms with Crippen LogP contribution in [0.15, 0.2) is 16.7 Å². The molecule has 1 fully saturated rings. The molecule has 0 saturated heterocycles. The lowest BCUT2D eigenvalue weighted by Gasteiger charge is -2.14. The predicted octanol–water partition coefficient (Wildman–Crippen LogP) is 4.58. The van der Waals surface area contributed by atoms with Crippen molar-refractivity contribution in [3.05, 3.63) is 21.8 Å². The summed E-state index contributed by atoms with van der Waals surface area (Å²) in [5.74, 6) is 2.01. The zero-order valence-electron chi connectivity index (χ0n) is 9.75. The molecular formula is C12H16BrClN2S. The van der Waals surface area contributed by atoms with Gasteiger partial charge in [0.1, 0.15) is 5.82 Å². The number of nitrogens with zero attached hydrogens (tertiary/aromatic N) is 1. The van der Waals surface area contributed by atoms with Gasteiger partial charge in [-0.1, -0.05) is 18.5 Å². The van der Waals surface area contributed by atoms with Crippen LogP contribution in [-0.2, 0) is 0 Å². The van der Waals surface area contributed by atoms with Gasteiger partial charge in [0.15, 0.2) is 0 Å². The minimum absolute atomic E-state index is 0.519. The highest BCUT2D eigenvalue weighted by Gasteiger charge is 2.25. The number of pyridine rings is 1. The van der Waals surface area contributed by atoms with E-state index >= 15 is 0 Å². The summed E-state index contributed by atoms with van der Waals surface area (Å²) in [6, 6.07) is 2.40. The first-order chi connectivity index (χ1) is 8.19. The van der Waals surface area contributed by atoms with Crippen LogP contribution in [0.3, 0.4) is 0 Å². The van der Waals surface area contributed by atoms with Gasteiger partial charge in [-0.05, 0) is 47.0 Å². The second-order valence-electron chi connectivity index (χ2n) is 4.22. The summed E-state index contributed by atoms with van der Waals surface area (Å²) < 4.78 is 0.916. The predicted molar refractivity (Wildman–Crippen MR) is 80.1 cm³/mol. The zero-order valence-corrected chi connectivity index (χ0v) is 12.9. The third-order valence-electron chi connectivity index (χ3n) is 2.94. The lowest BCUT2D eigenvalue weighted by Crippen LogP contribution is -2.17. The first-order valence-electron chi connectivity index (χ1n) is 5.88. The molecule has 2 unspecified atom stereocenters. The van der Waals surface area contributed by atoms with E-state index in [1.54, 1.807) is 6.20 Å². The summed E-state index contributed by atoms with van der Waals surface area (Å²) >= 11 is 11.6. The van der Waals surface area contributed by atoms with Gasteiger partial charge in [0.25, 0.3) is 0 Å². The monoisotopic (exact) mass is 334 g/mol. The standard InChI is InChI=1S/C12H16BrClN2S/c1-2-17-10-4-3-9(6-10)16-12-11(14)5-8(13)7-15-12/h5,7,9-10H,2-4,6H2,1H3,(H,15,16). The van der Waals surface area contributed by atoms with Gasteiger partial charge in [0, 0.05) is 22.0 Å². The van der Waals surface area contributed by atoms with Gasteiger partial charge in [-0.3, -0.25) is 0 Å². The Morgan fingerprint density at radius 3 is 3.12 bits per heavy atom. The Labute approximate surface area is 120 Å². The first kappa shape index (κ1) is 13.5.